The smallest absolute Gasteiger partial charge is 0.236 e. The van der Waals surface area contributed by atoms with E-state index in [1.165, 1.54) is 6.42 Å². The summed E-state index contributed by atoms with van der Waals surface area (Å²) >= 11 is 0. The maximum Gasteiger partial charge on any atom is 0.236 e. The quantitative estimate of drug-likeness (QED) is 0.661. The maximum atomic E-state index is 12.0. The largest absolute Gasteiger partial charge is 0.383 e. The summed E-state index contributed by atoms with van der Waals surface area (Å²) in [5.74, 6) is 0.887. The zero-order valence-corrected chi connectivity index (χ0v) is 14.9. The van der Waals surface area contributed by atoms with Crippen LogP contribution in [-0.4, -0.2) is 88.5 Å². The number of ether oxygens (including phenoxy) is 2. The van der Waals surface area contributed by atoms with Crippen LogP contribution in [0.4, 0.5) is 0 Å². The Balaban J connectivity index is 0.00000220. The summed E-state index contributed by atoms with van der Waals surface area (Å²) in [5, 5.41) is 3.11. The zero-order valence-electron chi connectivity index (χ0n) is 13.3. The Kier molecular flexibility index (Phi) is 12.3. The third kappa shape index (κ3) is 7.44. The van der Waals surface area contributed by atoms with Crippen LogP contribution < -0.4 is 5.32 Å². The molecule has 0 aromatic rings. The number of halogens is 2. The van der Waals surface area contributed by atoms with Gasteiger partial charge in [-0.05, 0) is 12.3 Å². The van der Waals surface area contributed by atoms with E-state index in [4.69, 9.17) is 9.47 Å². The Morgan fingerprint density at radius 3 is 2.59 bits per heavy atom. The number of hydrogen-bond donors (Lipinski definition) is 1. The lowest BCUT2D eigenvalue weighted by Crippen LogP contribution is -2.51. The van der Waals surface area contributed by atoms with Gasteiger partial charge in [-0.2, -0.15) is 0 Å². The lowest BCUT2D eigenvalue weighted by Gasteiger charge is -2.35. The number of piperazine rings is 1. The number of nitrogens with zero attached hydrogens (tertiary/aromatic N) is 2. The van der Waals surface area contributed by atoms with Gasteiger partial charge in [-0.1, -0.05) is 0 Å². The number of carbonyl (C=O) groups excluding carboxylic acids is 1. The molecule has 0 aliphatic carbocycles. The molecule has 0 saturated carbocycles. The van der Waals surface area contributed by atoms with E-state index in [0.717, 1.165) is 52.5 Å². The van der Waals surface area contributed by atoms with E-state index < -0.39 is 0 Å². The number of amides is 1. The Morgan fingerprint density at radius 2 is 2.00 bits per heavy atom. The first kappa shape index (κ1) is 21.9. The van der Waals surface area contributed by atoms with E-state index in [9.17, 15) is 4.79 Å². The predicted octanol–water partition coefficient (Wildman–Crippen LogP) is 0.247. The van der Waals surface area contributed by atoms with Gasteiger partial charge < -0.3 is 19.7 Å². The SMILES string of the molecule is COCCNCC(=O)N1CCN(CC2CCOC2)CC1.Cl.Cl. The first-order valence-corrected chi connectivity index (χ1v) is 7.57. The molecule has 2 rings (SSSR count). The summed E-state index contributed by atoms with van der Waals surface area (Å²) in [4.78, 5) is 16.4. The van der Waals surface area contributed by atoms with Crippen molar-refractivity contribution in [2.75, 3.05) is 72.7 Å². The highest BCUT2D eigenvalue weighted by molar-refractivity contribution is 5.85. The highest BCUT2D eigenvalue weighted by Crippen LogP contribution is 2.15. The van der Waals surface area contributed by atoms with Crippen LogP contribution in [0.1, 0.15) is 6.42 Å². The molecule has 132 valence electrons. The third-order valence-electron chi connectivity index (χ3n) is 4.02. The average Bonchev–Trinajstić information content (AvgIpc) is 2.97. The van der Waals surface area contributed by atoms with Gasteiger partial charge >= 0.3 is 0 Å². The van der Waals surface area contributed by atoms with Crippen LogP contribution in [-0.2, 0) is 14.3 Å². The highest BCUT2D eigenvalue weighted by atomic mass is 35.5. The molecule has 1 unspecified atom stereocenters. The highest BCUT2D eigenvalue weighted by Gasteiger charge is 2.24. The maximum absolute atomic E-state index is 12.0. The van der Waals surface area contributed by atoms with Crippen molar-refractivity contribution in [3.63, 3.8) is 0 Å². The van der Waals surface area contributed by atoms with Crippen LogP contribution >= 0.6 is 24.8 Å². The van der Waals surface area contributed by atoms with Gasteiger partial charge in [-0.15, -0.1) is 24.8 Å². The molecular formula is C14H29Cl2N3O3. The predicted molar refractivity (Wildman–Crippen MR) is 91.2 cm³/mol. The van der Waals surface area contributed by atoms with Crippen LogP contribution in [0.2, 0.25) is 0 Å². The minimum absolute atomic E-state index is 0. The van der Waals surface area contributed by atoms with E-state index in [1.54, 1.807) is 7.11 Å². The van der Waals surface area contributed by atoms with E-state index in [0.29, 0.717) is 19.1 Å². The second kappa shape index (κ2) is 12.3. The summed E-state index contributed by atoms with van der Waals surface area (Å²) in [6.07, 6.45) is 1.18. The van der Waals surface area contributed by atoms with Gasteiger partial charge in [-0.3, -0.25) is 9.69 Å². The molecule has 0 spiro atoms. The molecule has 2 fully saturated rings. The molecule has 1 N–H and O–H groups in total. The molecule has 0 aromatic carbocycles. The van der Waals surface area contributed by atoms with Crippen LogP contribution in [0.25, 0.3) is 0 Å². The van der Waals surface area contributed by atoms with E-state index >= 15 is 0 Å². The van der Waals surface area contributed by atoms with E-state index in [1.807, 2.05) is 4.90 Å². The van der Waals surface area contributed by atoms with Crippen molar-refractivity contribution >= 4 is 30.7 Å². The lowest BCUT2D eigenvalue weighted by molar-refractivity contribution is -0.132. The normalized spacial score (nSPS) is 22.0. The van der Waals surface area contributed by atoms with Gasteiger partial charge in [0.1, 0.15) is 0 Å². The Labute approximate surface area is 145 Å². The van der Waals surface area contributed by atoms with Crippen molar-refractivity contribution in [3.05, 3.63) is 0 Å². The molecule has 1 atom stereocenters. The number of nitrogens with one attached hydrogen (secondary N) is 1. The molecule has 0 radical (unpaired) electrons. The van der Waals surface area contributed by atoms with Gasteiger partial charge in [0.25, 0.3) is 0 Å². The molecule has 22 heavy (non-hydrogen) atoms. The van der Waals surface area contributed by atoms with Crippen molar-refractivity contribution < 1.29 is 14.3 Å². The van der Waals surface area contributed by atoms with E-state index in [-0.39, 0.29) is 30.7 Å². The van der Waals surface area contributed by atoms with Gasteiger partial charge in [-0.25, -0.2) is 0 Å². The molecule has 2 aliphatic heterocycles. The van der Waals surface area contributed by atoms with Crippen molar-refractivity contribution in [3.8, 4) is 0 Å². The minimum atomic E-state index is 0. The first-order valence-electron chi connectivity index (χ1n) is 7.57. The summed E-state index contributed by atoms with van der Waals surface area (Å²) in [6, 6.07) is 0. The molecule has 0 aromatic heterocycles. The fourth-order valence-corrected chi connectivity index (χ4v) is 2.75. The number of rotatable bonds is 7. The monoisotopic (exact) mass is 357 g/mol. The fraction of sp³-hybridized carbons (Fsp3) is 0.929. The van der Waals surface area contributed by atoms with Crippen LogP contribution in [0.15, 0.2) is 0 Å². The Morgan fingerprint density at radius 1 is 1.27 bits per heavy atom. The average molecular weight is 358 g/mol. The van der Waals surface area contributed by atoms with Crippen LogP contribution in [0, 0.1) is 5.92 Å². The van der Waals surface area contributed by atoms with Gasteiger partial charge in [0, 0.05) is 53.0 Å². The summed E-state index contributed by atoms with van der Waals surface area (Å²) in [5.41, 5.74) is 0. The summed E-state index contributed by atoms with van der Waals surface area (Å²) < 4.78 is 10.4. The summed E-state index contributed by atoms with van der Waals surface area (Å²) in [7, 11) is 1.66. The molecule has 2 heterocycles. The molecule has 0 bridgehead atoms. The van der Waals surface area contributed by atoms with Gasteiger partial charge in [0.2, 0.25) is 5.91 Å². The Hall–Kier alpha value is -0.110. The molecule has 2 saturated heterocycles. The minimum Gasteiger partial charge on any atom is -0.383 e. The van der Waals surface area contributed by atoms with Gasteiger partial charge in [0.05, 0.1) is 19.8 Å². The molecule has 8 heteroatoms. The van der Waals surface area contributed by atoms with Crippen molar-refractivity contribution in [2.45, 2.75) is 6.42 Å². The third-order valence-corrected chi connectivity index (χ3v) is 4.02. The standard InChI is InChI=1S/C14H27N3O3.2ClH/c1-19-9-3-15-10-14(18)17-6-4-16(5-7-17)11-13-2-8-20-12-13;;/h13,15H,2-12H2,1H3;2*1H. The fourth-order valence-electron chi connectivity index (χ4n) is 2.75. The second-order valence-corrected chi connectivity index (χ2v) is 5.58. The van der Waals surface area contributed by atoms with Crippen molar-refractivity contribution in [1.29, 1.82) is 0 Å². The second-order valence-electron chi connectivity index (χ2n) is 5.58. The number of carbonyl (C=O) groups is 1. The number of methoxy groups -OCH3 is 1. The molecule has 1 amide bonds. The molecular weight excluding hydrogens is 329 g/mol. The zero-order chi connectivity index (χ0) is 14.2. The van der Waals surface area contributed by atoms with Crippen LogP contribution in [0.3, 0.4) is 0 Å². The Bertz CT molecular complexity index is 297. The van der Waals surface area contributed by atoms with E-state index in [2.05, 4.69) is 10.2 Å². The summed E-state index contributed by atoms with van der Waals surface area (Å²) in [6.45, 7) is 8.39. The molecule has 2 aliphatic rings. The number of hydrogen-bond acceptors (Lipinski definition) is 5. The topological polar surface area (TPSA) is 54.0 Å². The molecule has 6 nitrogen and oxygen atoms in total. The van der Waals surface area contributed by atoms with Crippen molar-refractivity contribution in [1.82, 2.24) is 15.1 Å². The van der Waals surface area contributed by atoms with Crippen LogP contribution in [0.5, 0.6) is 0 Å². The first-order chi connectivity index (χ1) is 9.79. The van der Waals surface area contributed by atoms with Crippen molar-refractivity contribution in [2.24, 2.45) is 5.92 Å². The van der Waals surface area contributed by atoms with Gasteiger partial charge in [0.15, 0.2) is 0 Å². The lowest BCUT2D eigenvalue weighted by atomic mass is 10.1.